The first-order chi connectivity index (χ1) is 5.61. The molecule has 0 spiro atoms. The molecule has 0 unspecified atom stereocenters. The van der Waals surface area contributed by atoms with Gasteiger partial charge in [-0.25, -0.2) is 4.98 Å². The van der Waals surface area contributed by atoms with E-state index in [1.807, 2.05) is 18.0 Å². The van der Waals surface area contributed by atoms with Gasteiger partial charge in [-0.2, -0.15) is 11.8 Å². The van der Waals surface area contributed by atoms with E-state index < -0.39 is 0 Å². The van der Waals surface area contributed by atoms with E-state index in [1.165, 1.54) is 11.5 Å². The normalized spacial score (nSPS) is 11.1. The molecule has 0 saturated heterocycles. The van der Waals surface area contributed by atoms with E-state index in [0.717, 1.165) is 5.75 Å². The van der Waals surface area contributed by atoms with E-state index in [4.69, 9.17) is 0 Å². The molecule has 0 aliphatic carbocycles. The van der Waals surface area contributed by atoms with Crippen molar-refractivity contribution in [1.82, 2.24) is 9.55 Å². The standard InChI is InChI=1S/C9H16N2S/c1-7(2)12-6-9-10-5-8(3)11(9)4/h5,7H,6H2,1-4H3. The van der Waals surface area contributed by atoms with Crippen LogP contribution in [0.4, 0.5) is 0 Å². The molecule has 0 aliphatic rings. The Morgan fingerprint density at radius 2 is 2.25 bits per heavy atom. The Labute approximate surface area is 78.4 Å². The van der Waals surface area contributed by atoms with Gasteiger partial charge in [-0.1, -0.05) is 13.8 Å². The molecule has 12 heavy (non-hydrogen) atoms. The zero-order valence-electron chi connectivity index (χ0n) is 8.16. The lowest BCUT2D eigenvalue weighted by Crippen LogP contribution is -1.99. The maximum Gasteiger partial charge on any atom is 0.118 e. The van der Waals surface area contributed by atoms with Gasteiger partial charge in [-0.05, 0) is 12.2 Å². The highest BCUT2D eigenvalue weighted by Gasteiger charge is 2.03. The Morgan fingerprint density at radius 1 is 1.58 bits per heavy atom. The maximum absolute atomic E-state index is 4.33. The summed E-state index contributed by atoms with van der Waals surface area (Å²) in [5.74, 6) is 2.19. The van der Waals surface area contributed by atoms with Crippen molar-refractivity contribution < 1.29 is 0 Å². The summed E-state index contributed by atoms with van der Waals surface area (Å²) in [6.07, 6.45) is 1.93. The molecule has 1 rings (SSSR count). The number of thioether (sulfide) groups is 1. The SMILES string of the molecule is Cc1cnc(CSC(C)C)n1C. The van der Waals surface area contributed by atoms with E-state index >= 15 is 0 Å². The minimum atomic E-state index is 0.682. The van der Waals surface area contributed by atoms with Crippen LogP contribution in [0.5, 0.6) is 0 Å². The van der Waals surface area contributed by atoms with Crippen LogP contribution in [0.1, 0.15) is 25.4 Å². The molecule has 0 radical (unpaired) electrons. The molecule has 0 fully saturated rings. The first-order valence-corrected chi connectivity index (χ1v) is 5.25. The Morgan fingerprint density at radius 3 is 2.67 bits per heavy atom. The summed E-state index contributed by atoms with van der Waals surface area (Å²) in [4.78, 5) is 4.33. The van der Waals surface area contributed by atoms with Crippen molar-refractivity contribution in [3.05, 3.63) is 17.7 Å². The van der Waals surface area contributed by atoms with Gasteiger partial charge in [-0.3, -0.25) is 0 Å². The molecule has 0 atom stereocenters. The second-order valence-corrected chi connectivity index (χ2v) is 4.80. The summed E-state index contributed by atoms with van der Waals surface area (Å²) in [5.41, 5.74) is 1.23. The van der Waals surface area contributed by atoms with Crippen LogP contribution in [0.3, 0.4) is 0 Å². The van der Waals surface area contributed by atoms with E-state index in [-0.39, 0.29) is 0 Å². The quantitative estimate of drug-likeness (QED) is 0.717. The molecule has 0 saturated carbocycles. The first-order valence-electron chi connectivity index (χ1n) is 4.20. The number of rotatable bonds is 3. The zero-order valence-corrected chi connectivity index (χ0v) is 8.98. The van der Waals surface area contributed by atoms with Crippen LogP contribution >= 0.6 is 11.8 Å². The average Bonchev–Trinajstić information content (AvgIpc) is 2.30. The molecule has 3 heteroatoms. The molecule has 0 bridgehead atoms. The van der Waals surface area contributed by atoms with Crippen LogP contribution in [0.25, 0.3) is 0 Å². The van der Waals surface area contributed by atoms with Crippen molar-refractivity contribution in [3.63, 3.8) is 0 Å². The highest BCUT2D eigenvalue weighted by molar-refractivity contribution is 7.99. The molecular weight excluding hydrogens is 168 g/mol. The summed E-state index contributed by atoms with van der Waals surface area (Å²) >= 11 is 1.93. The molecule has 2 nitrogen and oxygen atoms in total. The molecular formula is C9H16N2S. The minimum Gasteiger partial charge on any atom is -0.335 e. The monoisotopic (exact) mass is 184 g/mol. The molecule has 1 aromatic heterocycles. The lowest BCUT2D eigenvalue weighted by Gasteiger charge is -2.05. The lowest BCUT2D eigenvalue weighted by atomic mass is 10.5. The van der Waals surface area contributed by atoms with Gasteiger partial charge in [0.25, 0.3) is 0 Å². The van der Waals surface area contributed by atoms with Gasteiger partial charge in [0.1, 0.15) is 5.82 Å². The summed E-state index contributed by atoms with van der Waals surface area (Å²) in [5, 5.41) is 0.682. The number of aromatic nitrogens is 2. The molecule has 0 aliphatic heterocycles. The molecule has 1 heterocycles. The Bertz CT molecular complexity index is 253. The van der Waals surface area contributed by atoms with Gasteiger partial charge in [0.2, 0.25) is 0 Å². The van der Waals surface area contributed by atoms with E-state index in [9.17, 15) is 0 Å². The smallest absolute Gasteiger partial charge is 0.118 e. The third kappa shape index (κ3) is 2.27. The molecule has 0 aromatic carbocycles. The zero-order chi connectivity index (χ0) is 9.14. The molecule has 1 aromatic rings. The third-order valence-electron chi connectivity index (χ3n) is 1.86. The van der Waals surface area contributed by atoms with Crippen molar-refractivity contribution in [2.45, 2.75) is 31.8 Å². The second-order valence-electron chi connectivity index (χ2n) is 3.23. The fourth-order valence-corrected chi connectivity index (χ4v) is 1.67. The molecule has 0 amide bonds. The van der Waals surface area contributed by atoms with Crippen LogP contribution in [-0.4, -0.2) is 14.8 Å². The highest BCUT2D eigenvalue weighted by Crippen LogP contribution is 2.16. The molecule has 68 valence electrons. The van der Waals surface area contributed by atoms with Gasteiger partial charge < -0.3 is 4.57 Å². The summed E-state index contributed by atoms with van der Waals surface area (Å²) in [7, 11) is 2.07. The van der Waals surface area contributed by atoms with Gasteiger partial charge >= 0.3 is 0 Å². The van der Waals surface area contributed by atoms with E-state index in [2.05, 4.69) is 37.4 Å². The number of aryl methyl sites for hydroxylation is 1. The van der Waals surface area contributed by atoms with Gasteiger partial charge in [0.15, 0.2) is 0 Å². The van der Waals surface area contributed by atoms with E-state index in [0.29, 0.717) is 5.25 Å². The van der Waals surface area contributed by atoms with Crippen LogP contribution in [-0.2, 0) is 12.8 Å². The summed E-state index contributed by atoms with van der Waals surface area (Å²) in [6, 6.07) is 0. The predicted octanol–water partition coefficient (Wildman–Crippen LogP) is 2.37. The van der Waals surface area contributed by atoms with Crippen LogP contribution < -0.4 is 0 Å². The number of hydrogen-bond donors (Lipinski definition) is 0. The van der Waals surface area contributed by atoms with Crippen molar-refractivity contribution in [1.29, 1.82) is 0 Å². The topological polar surface area (TPSA) is 17.8 Å². The largest absolute Gasteiger partial charge is 0.335 e. The van der Waals surface area contributed by atoms with Gasteiger partial charge in [-0.15, -0.1) is 0 Å². The average molecular weight is 184 g/mol. The van der Waals surface area contributed by atoms with Crippen molar-refractivity contribution in [2.75, 3.05) is 0 Å². The fourth-order valence-electron chi connectivity index (χ4n) is 0.920. The number of nitrogens with zero attached hydrogens (tertiary/aromatic N) is 2. The maximum atomic E-state index is 4.33. The number of hydrogen-bond acceptors (Lipinski definition) is 2. The Hall–Kier alpha value is -0.440. The molecule has 0 N–H and O–H groups in total. The minimum absolute atomic E-state index is 0.682. The van der Waals surface area contributed by atoms with Crippen LogP contribution in [0.2, 0.25) is 0 Å². The van der Waals surface area contributed by atoms with Crippen molar-refractivity contribution >= 4 is 11.8 Å². The Balaban J connectivity index is 2.58. The van der Waals surface area contributed by atoms with Crippen molar-refractivity contribution in [2.24, 2.45) is 7.05 Å². The summed E-state index contributed by atoms with van der Waals surface area (Å²) in [6.45, 7) is 6.50. The van der Waals surface area contributed by atoms with E-state index in [1.54, 1.807) is 0 Å². The Kier molecular flexibility index (Phi) is 3.20. The first kappa shape index (κ1) is 9.65. The fraction of sp³-hybridized carbons (Fsp3) is 0.667. The van der Waals surface area contributed by atoms with Gasteiger partial charge in [0.05, 0.1) is 5.75 Å². The van der Waals surface area contributed by atoms with Crippen molar-refractivity contribution in [3.8, 4) is 0 Å². The second kappa shape index (κ2) is 3.99. The predicted molar refractivity (Wildman–Crippen MR) is 54.4 cm³/mol. The van der Waals surface area contributed by atoms with Crippen LogP contribution in [0.15, 0.2) is 6.20 Å². The lowest BCUT2D eigenvalue weighted by molar-refractivity contribution is 0.819. The summed E-state index contributed by atoms with van der Waals surface area (Å²) < 4.78 is 2.15. The highest BCUT2D eigenvalue weighted by atomic mass is 32.2. The van der Waals surface area contributed by atoms with Crippen LogP contribution in [0, 0.1) is 6.92 Å². The number of imidazole rings is 1. The third-order valence-corrected chi connectivity index (χ3v) is 2.95. The van der Waals surface area contributed by atoms with Gasteiger partial charge in [0, 0.05) is 18.9 Å².